The monoisotopic (exact) mass is 390 g/mol. The van der Waals surface area contributed by atoms with E-state index < -0.39 is 10.0 Å². The molecule has 0 aliphatic rings. The lowest BCUT2D eigenvalue weighted by Gasteiger charge is -2.20. The SMILES string of the molecule is CCN(CC)S(=O)(=O)c1ccc(N(C)Cc2ccc(C(=O)NC)cc2)nc1. The van der Waals surface area contributed by atoms with Crippen LogP contribution in [0.3, 0.4) is 0 Å². The molecule has 8 heteroatoms. The first-order chi connectivity index (χ1) is 12.8. The van der Waals surface area contributed by atoms with Crippen molar-refractivity contribution in [2.75, 3.05) is 32.1 Å². The Labute approximate surface area is 161 Å². The van der Waals surface area contributed by atoms with Crippen LogP contribution in [-0.2, 0) is 16.6 Å². The molecule has 0 bridgehead atoms. The summed E-state index contributed by atoms with van der Waals surface area (Å²) in [6, 6.07) is 10.6. The fraction of sp³-hybridized carbons (Fsp3) is 0.368. The second-order valence-electron chi connectivity index (χ2n) is 6.07. The highest BCUT2D eigenvalue weighted by Crippen LogP contribution is 2.19. The van der Waals surface area contributed by atoms with Gasteiger partial charge < -0.3 is 10.2 Å². The molecule has 1 aromatic heterocycles. The number of aromatic nitrogens is 1. The summed E-state index contributed by atoms with van der Waals surface area (Å²) in [5.41, 5.74) is 1.62. The Morgan fingerprint density at radius 1 is 1.07 bits per heavy atom. The van der Waals surface area contributed by atoms with E-state index in [1.165, 1.54) is 10.5 Å². The minimum atomic E-state index is -3.50. The van der Waals surface area contributed by atoms with Crippen LogP contribution in [0.15, 0.2) is 47.5 Å². The second-order valence-corrected chi connectivity index (χ2v) is 8.01. The highest BCUT2D eigenvalue weighted by molar-refractivity contribution is 7.89. The summed E-state index contributed by atoms with van der Waals surface area (Å²) >= 11 is 0. The third-order valence-corrected chi connectivity index (χ3v) is 6.35. The number of anilines is 1. The maximum atomic E-state index is 12.5. The first-order valence-corrected chi connectivity index (χ1v) is 10.3. The summed E-state index contributed by atoms with van der Waals surface area (Å²) in [5.74, 6) is 0.547. The highest BCUT2D eigenvalue weighted by atomic mass is 32.2. The molecule has 1 heterocycles. The van der Waals surface area contributed by atoms with E-state index in [1.807, 2.05) is 37.9 Å². The molecule has 1 N–H and O–H groups in total. The summed E-state index contributed by atoms with van der Waals surface area (Å²) < 4.78 is 26.4. The summed E-state index contributed by atoms with van der Waals surface area (Å²) in [6.45, 7) is 5.06. The Kier molecular flexibility index (Phi) is 6.92. The van der Waals surface area contributed by atoms with Crippen molar-refractivity contribution >= 4 is 21.7 Å². The summed E-state index contributed by atoms with van der Waals surface area (Å²) in [7, 11) is -0.0241. The van der Waals surface area contributed by atoms with E-state index in [0.717, 1.165) is 5.56 Å². The number of nitrogens with one attached hydrogen (secondary N) is 1. The molecule has 1 amide bonds. The van der Waals surface area contributed by atoms with Crippen molar-refractivity contribution in [2.45, 2.75) is 25.3 Å². The van der Waals surface area contributed by atoms with Crippen LogP contribution in [0.1, 0.15) is 29.8 Å². The van der Waals surface area contributed by atoms with Gasteiger partial charge in [0.1, 0.15) is 10.7 Å². The zero-order chi connectivity index (χ0) is 20.0. The number of nitrogens with zero attached hydrogens (tertiary/aromatic N) is 3. The molecule has 1 aromatic carbocycles. The Bertz CT molecular complexity index is 861. The second kappa shape index (κ2) is 8.96. The van der Waals surface area contributed by atoms with Crippen LogP contribution in [0.4, 0.5) is 5.82 Å². The van der Waals surface area contributed by atoms with Gasteiger partial charge in [0.2, 0.25) is 10.0 Å². The number of hydrogen-bond acceptors (Lipinski definition) is 5. The van der Waals surface area contributed by atoms with Crippen molar-refractivity contribution in [3.05, 3.63) is 53.7 Å². The lowest BCUT2D eigenvalue weighted by molar-refractivity contribution is 0.0963. The van der Waals surface area contributed by atoms with Crippen LogP contribution in [-0.4, -0.2) is 50.8 Å². The molecular weight excluding hydrogens is 364 g/mol. The van der Waals surface area contributed by atoms with E-state index in [-0.39, 0.29) is 10.8 Å². The number of pyridine rings is 1. The molecule has 146 valence electrons. The maximum Gasteiger partial charge on any atom is 0.251 e. The number of sulfonamides is 1. The van der Waals surface area contributed by atoms with E-state index >= 15 is 0 Å². The van der Waals surface area contributed by atoms with Gasteiger partial charge in [-0.3, -0.25) is 4.79 Å². The quantitative estimate of drug-likeness (QED) is 0.746. The van der Waals surface area contributed by atoms with Crippen molar-refractivity contribution in [1.29, 1.82) is 0 Å². The van der Waals surface area contributed by atoms with Crippen molar-refractivity contribution in [1.82, 2.24) is 14.6 Å². The molecule has 0 unspecified atom stereocenters. The Morgan fingerprint density at radius 3 is 2.19 bits per heavy atom. The van der Waals surface area contributed by atoms with Crippen LogP contribution in [0.25, 0.3) is 0 Å². The normalized spacial score (nSPS) is 11.4. The number of amides is 1. The largest absolute Gasteiger partial charge is 0.355 e. The predicted molar refractivity (Wildman–Crippen MR) is 106 cm³/mol. The smallest absolute Gasteiger partial charge is 0.251 e. The molecule has 0 aliphatic heterocycles. The molecule has 2 rings (SSSR count). The number of benzene rings is 1. The molecule has 0 saturated heterocycles. The van der Waals surface area contributed by atoms with Crippen LogP contribution in [0, 0.1) is 0 Å². The Hall–Kier alpha value is -2.45. The molecule has 2 aromatic rings. The Balaban J connectivity index is 2.11. The fourth-order valence-electron chi connectivity index (χ4n) is 2.72. The number of carbonyl (C=O) groups excluding carboxylic acids is 1. The van der Waals surface area contributed by atoms with Crippen LogP contribution >= 0.6 is 0 Å². The molecule has 7 nitrogen and oxygen atoms in total. The van der Waals surface area contributed by atoms with Gasteiger partial charge in [0.15, 0.2) is 0 Å². The van der Waals surface area contributed by atoms with Crippen molar-refractivity contribution in [3.63, 3.8) is 0 Å². The third-order valence-electron chi connectivity index (χ3n) is 4.32. The van der Waals surface area contributed by atoms with Gasteiger partial charge >= 0.3 is 0 Å². The zero-order valence-electron chi connectivity index (χ0n) is 16.1. The maximum absolute atomic E-state index is 12.5. The minimum absolute atomic E-state index is 0.124. The summed E-state index contributed by atoms with van der Waals surface area (Å²) in [5, 5.41) is 2.59. The van der Waals surface area contributed by atoms with E-state index in [2.05, 4.69) is 10.3 Å². The molecule has 0 atom stereocenters. The third kappa shape index (κ3) is 4.84. The van der Waals surface area contributed by atoms with Gasteiger partial charge in [-0.2, -0.15) is 4.31 Å². The first-order valence-electron chi connectivity index (χ1n) is 8.81. The zero-order valence-corrected chi connectivity index (χ0v) is 17.0. The van der Waals surface area contributed by atoms with Crippen molar-refractivity contribution in [3.8, 4) is 0 Å². The average Bonchev–Trinajstić information content (AvgIpc) is 2.68. The molecule has 0 radical (unpaired) electrons. The summed E-state index contributed by atoms with van der Waals surface area (Å²) in [4.78, 5) is 18.0. The predicted octanol–water partition coefficient (Wildman–Crippen LogP) is 2.11. The lowest BCUT2D eigenvalue weighted by atomic mass is 10.1. The number of hydrogen-bond donors (Lipinski definition) is 1. The van der Waals surface area contributed by atoms with Gasteiger partial charge in [0, 0.05) is 45.5 Å². The van der Waals surface area contributed by atoms with Crippen molar-refractivity contribution < 1.29 is 13.2 Å². The van der Waals surface area contributed by atoms with Gasteiger partial charge in [-0.25, -0.2) is 13.4 Å². The van der Waals surface area contributed by atoms with Crippen LogP contribution in [0.5, 0.6) is 0 Å². The highest BCUT2D eigenvalue weighted by Gasteiger charge is 2.22. The lowest BCUT2D eigenvalue weighted by Crippen LogP contribution is -2.30. The van der Waals surface area contributed by atoms with E-state index in [0.29, 0.717) is 31.0 Å². The van der Waals surface area contributed by atoms with Gasteiger partial charge in [-0.1, -0.05) is 26.0 Å². The van der Waals surface area contributed by atoms with Gasteiger partial charge in [0.05, 0.1) is 0 Å². The number of rotatable bonds is 8. The topological polar surface area (TPSA) is 82.6 Å². The van der Waals surface area contributed by atoms with E-state index in [1.54, 1.807) is 31.3 Å². The fourth-order valence-corrected chi connectivity index (χ4v) is 4.13. The van der Waals surface area contributed by atoms with Crippen molar-refractivity contribution in [2.24, 2.45) is 0 Å². The molecular formula is C19H26N4O3S. The summed E-state index contributed by atoms with van der Waals surface area (Å²) in [6.07, 6.45) is 1.40. The van der Waals surface area contributed by atoms with Gasteiger partial charge in [-0.15, -0.1) is 0 Å². The molecule has 27 heavy (non-hydrogen) atoms. The van der Waals surface area contributed by atoms with E-state index in [4.69, 9.17) is 0 Å². The molecule has 0 spiro atoms. The standard InChI is InChI=1S/C19H26N4O3S/c1-5-23(6-2)27(25,26)17-11-12-18(21-13-17)22(4)14-15-7-9-16(10-8-15)19(24)20-3/h7-13H,5-6,14H2,1-4H3,(H,20,24). The minimum Gasteiger partial charge on any atom is -0.355 e. The van der Waals surface area contributed by atoms with Crippen LogP contribution in [0.2, 0.25) is 0 Å². The molecule has 0 fully saturated rings. The first kappa shape index (κ1) is 20.9. The van der Waals surface area contributed by atoms with Crippen LogP contribution < -0.4 is 10.2 Å². The Morgan fingerprint density at radius 2 is 1.70 bits per heavy atom. The number of carbonyl (C=O) groups is 1. The van der Waals surface area contributed by atoms with Gasteiger partial charge in [0.25, 0.3) is 5.91 Å². The molecule has 0 saturated carbocycles. The van der Waals surface area contributed by atoms with Gasteiger partial charge in [-0.05, 0) is 29.8 Å². The van der Waals surface area contributed by atoms with E-state index in [9.17, 15) is 13.2 Å². The molecule has 0 aliphatic carbocycles. The average molecular weight is 391 g/mol.